The van der Waals surface area contributed by atoms with Crippen molar-refractivity contribution < 1.29 is 19.4 Å². The molecular weight excluding hydrogens is 454 g/mol. The number of rotatable bonds is 8. The van der Waals surface area contributed by atoms with Gasteiger partial charge in [0, 0.05) is 23.9 Å². The van der Waals surface area contributed by atoms with E-state index in [2.05, 4.69) is 29.3 Å². The number of imide groups is 1. The second-order valence-corrected chi connectivity index (χ2v) is 10.1. The molecule has 1 heterocycles. The highest BCUT2D eigenvalue weighted by Gasteiger charge is 2.61. The van der Waals surface area contributed by atoms with Crippen LogP contribution in [0.1, 0.15) is 57.1 Å². The fourth-order valence-electron chi connectivity index (χ4n) is 6.22. The smallest absolute Gasteiger partial charge is 0.318 e. The lowest BCUT2D eigenvalue weighted by Crippen LogP contribution is -2.70. The van der Waals surface area contributed by atoms with Crippen LogP contribution >= 0.6 is 0 Å². The Labute approximate surface area is 215 Å². The predicted molar refractivity (Wildman–Crippen MR) is 143 cm³/mol. The fourth-order valence-corrected chi connectivity index (χ4v) is 6.22. The summed E-state index contributed by atoms with van der Waals surface area (Å²) in [6.07, 6.45) is 15.2. The number of carbonyl (C=O) groups excluding carboxylic acids is 2. The number of nitrogens with two attached hydrogens (primary N) is 1. The summed E-state index contributed by atoms with van der Waals surface area (Å²) in [5.41, 5.74) is 5.62. The summed E-state index contributed by atoms with van der Waals surface area (Å²) < 4.78 is 5.54. The Morgan fingerprint density at radius 2 is 2.00 bits per heavy atom. The van der Waals surface area contributed by atoms with Gasteiger partial charge in [-0.2, -0.15) is 0 Å². The second kappa shape index (κ2) is 11.9. The van der Waals surface area contributed by atoms with Gasteiger partial charge in [0.1, 0.15) is 5.75 Å². The molecular formula is C29H41N3O4. The van der Waals surface area contributed by atoms with Crippen LogP contribution in [0.5, 0.6) is 5.75 Å². The summed E-state index contributed by atoms with van der Waals surface area (Å²) in [7, 11) is 1.63. The molecule has 0 spiro atoms. The predicted octanol–water partition coefficient (Wildman–Crippen LogP) is 4.14. The Bertz CT molecular complexity index is 1030. The maximum Gasteiger partial charge on any atom is 0.318 e. The van der Waals surface area contributed by atoms with Gasteiger partial charge in [-0.05, 0) is 82.7 Å². The third kappa shape index (κ3) is 5.57. The monoisotopic (exact) mass is 495 g/mol. The summed E-state index contributed by atoms with van der Waals surface area (Å²) in [5, 5.41) is 14.7. The number of nitrogens with one attached hydrogen (secondary N) is 1. The van der Waals surface area contributed by atoms with Gasteiger partial charge in [0.2, 0.25) is 5.91 Å². The maximum atomic E-state index is 12.8. The molecule has 1 aromatic rings. The lowest BCUT2D eigenvalue weighted by molar-refractivity contribution is -0.166. The largest absolute Gasteiger partial charge is 0.497 e. The summed E-state index contributed by atoms with van der Waals surface area (Å²) in [6, 6.07) is 4.99. The Kier molecular flexibility index (Phi) is 9.14. The van der Waals surface area contributed by atoms with E-state index in [1.807, 2.05) is 56.4 Å². The highest BCUT2D eigenvalue weighted by Crippen LogP contribution is 2.56. The van der Waals surface area contributed by atoms with E-state index in [4.69, 9.17) is 10.5 Å². The van der Waals surface area contributed by atoms with Crippen LogP contribution in [0, 0.1) is 12.8 Å². The Morgan fingerprint density at radius 3 is 2.69 bits per heavy atom. The number of benzene rings is 1. The molecule has 4 atom stereocenters. The zero-order chi connectivity index (χ0) is 26.3. The van der Waals surface area contributed by atoms with Crippen molar-refractivity contribution >= 4 is 11.9 Å². The number of aliphatic hydroxyl groups is 1. The molecule has 2 fully saturated rings. The number of amides is 3. The molecule has 1 aromatic carbocycles. The average molecular weight is 496 g/mol. The van der Waals surface area contributed by atoms with Gasteiger partial charge in [-0.3, -0.25) is 15.0 Å². The number of fused-ring (bicyclic) bond motifs is 1. The van der Waals surface area contributed by atoms with E-state index < -0.39 is 23.0 Å². The van der Waals surface area contributed by atoms with Crippen molar-refractivity contribution in [2.45, 2.75) is 69.9 Å². The van der Waals surface area contributed by atoms with Gasteiger partial charge in [-0.15, -0.1) is 0 Å². The number of hydrogen-bond acceptors (Lipinski definition) is 5. The number of piperidine rings is 1. The van der Waals surface area contributed by atoms with Gasteiger partial charge in [0.25, 0.3) is 0 Å². The Hall–Kier alpha value is -2.90. The summed E-state index contributed by atoms with van der Waals surface area (Å²) in [5.74, 6) is -0.0492. The molecule has 4 unspecified atom stereocenters. The van der Waals surface area contributed by atoms with Gasteiger partial charge < -0.3 is 15.6 Å². The van der Waals surface area contributed by atoms with Crippen LogP contribution < -0.4 is 15.8 Å². The summed E-state index contributed by atoms with van der Waals surface area (Å²) in [4.78, 5) is 26.6. The molecule has 196 valence electrons. The maximum absolute atomic E-state index is 12.8. The van der Waals surface area contributed by atoms with E-state index in [1.165, 1.54) is 0 Å². The van der Waals surface area contributed by atoms with Crippen molar-refractivity contribution in [2.24, 2.45) is 11.7 Å². The molecule has 3 rings (SSSR count). The van der Waals surface area contributed by atoms with Crippen molar-refractivity contribution in [3.63, 3.8) is 0 Å². The van der Waals surface area contributed by atoms with Crippen molar-refractivity contribution in [1.29, 1.82) is 0 Å². The van der Waals surface area contributed by atoms with Crippen molar-refractivity contribution in [3.05, 3.63) is 65.8 Å². The number of nitrogens with zero attached hydrogens (tertiary/aromatic N) is 1. The van der Waals surface area contributed by atoms with Crippen LogP contribution in [0.25, 0.3) is 0 Å². The van der Waals surface area contributed by atoms with Gasteiger partial charge in [0.05, 0.1) is 12.7 Å². The normalized spacial score (nSPS) is 29.0. The molecule has 1 saturated heterocycles. The number of ether oxygens (including phenoxy) is 1. The number of urea groups is 1. The van der Waals surface area contributed by atoms with E-state index in [9.17, 15) is 14.7 Å². The minimum atomic E-state index is -1.04. The molecule has 7 nitrogen and oxygen atoms in total. The highest BCUT2D eigenvalue weighted by atomic mass is 16.5. The second-order valence-electron chi connectivity index (χ2n) is 10.1. The number of allylic oxidation sites excluding steroid dienone is 5. The van der Waals surface area contributed by atoms with Crippen LogP contribution in [-0.4, -0.2) is 53.8 Å². The molecule has 0 aromatic heterocycles. The Morgan fingerprint density at radius 1 is 1.25 bits per heavy atom. The first kappa shape index (κ1) is 27.7. The zero-order valence-corrected chi connectivity index (χ0v) is 22.0. The van der Waals surface area contributed by atoms with Gasteiger partial charge in [-0.1, -0.05) is 42.5 Å². The lowest BCUT2D eigenvalue weighted by Gasteiger charge is -2.61. The fraction of sp³-hybridized carbons (Fsp3) is 0.517. The van der Waals surface area contributed by atoms with Crippen LogP contribution in [0.2, 0.25) is 0 Å². The van der Waals surface area contributed by atoms with E-state index in [0.717, 1.165) is 36.4 Å². The van der Waals surface area contributed by atoms with Crippen LogP contribution in [0.4, 0.5) is 4.79 Å². The minimum Gasteiger partial charge on any atom is -0.497 e. The van der Waals surface area contributed by atoms with Gasteiger partial charge in [0.15, 0.2) is 0 Å². The van der Waals surface area contributed by atoms with Crippen LogP contribution in [-0.2, 0) is 10.2 Å². The first-order chi connectivity index (χ1) is 17.2. The number of hydrogen-bond donors (Lipinski definition) is 3. The number of likely N-dealkylation sites (tertiary alicyclic amines) is 1. The van der Waals surface area contributed by atoms with Gasteiger partial charge in [-0.25, -0.2) is 4.79 Å². The SMILES string of the molecule is C\C=C/C=C\C=C\CCN1CCC2(c3cc(OC)ccc3C)CC(C(=O)NC(N)=O)CCC2(O)C1C. The first-order valence-electron chi connectivity index (χ1n) is 12.8. The summed E-state index contributed by atoms with van der Waals surface area (Å²) >= 11 is 0. The molecule has 1 aliphatic carbocycles. The highest BCUT2D eigenvalue weighted by molar-refractivity contribution is 5.94. The van der Waals surface area contributed by atoms with E-state index >= 15 is 0 Å². The average Bonchev–Trinajstić information content (AvgIpc) is 2.85. The lowest BCUT2D eigenvalue weighted by atomic mass is 9.51. The van der Waals surface area contributed by atoms with Crippen molar-refractivity contribution in [1.82, 2.24) is 10.2 Å². The zero-order valence-electron chi connectivity index (χ0n) is 22.0. The third-order valence-electron chi connectivity index (χ3n) is 8.18. The molecule has 0 bridgehead atoms. The molecule has 3 amide bonds. The number of carbonyl (C=O) groups is 2. The number of methoxy groups -OCH3 is 1. The van der Waals surface area contributed by atoms with Crippen LogP contribution in [0.3, 0.4) is 0 Å². The molecule has 7 heteroatoms. The van der Waals surface area contributed by atoms with Crippen molar-refractivity contribution in [2.75, 3.05) is 20.2 Å². The van der Waals surface area contributed by atoms with Crippen molar-refractivity contribution in [3.8, 4) is 5.75 Å². The molecule has 4 N–H and O–H groups in total. The first-order valence-corrected chi connectivity index (χ1v) is 12.8. The third-order valence-corrected chi connectivity index (χ3v) is 8.18. The molecule has 1 saturated carbocycles. The molecule has 36 heavy (non-hydrogen) atoms. The molecule has 0 radical (unpaired) electrons. The Balaban J connectivity index is 1.92. The van der Waals surface area contributed by atoms with E-state index in [0.29, 0.717) is 25.7 Å². The summed E-state index contributed by atoms with van der Waals surface area (Å²) in [6.45, 7) is 7.77. The van der Waals surface area contributed by atoms with Gasteiger partial charge >= 0.3 is 6.03 Å². The topological polar surface area (TPSA) is 105 Å². The van der Waals surface area contributed by atoms with E-state index in [-0.39, 0.29) is 11.9 Å². The van der Waals surface area contributed by atoms with Crippen LogP contribution in [0.15, 0.2) is 54.7 Å². The quantitative estimate of drug-likeness (QED) is 0.470. The minimum absolute atomic E-state index is 0.107. The molecule has 2 aliphatic rings. The number of aryl methyl sites for hydroxylation is 1. The number of primary amides is 1. The van der Waals surface area contributed by atoms with E-state index in [1.54, 1.807) is 7.11 Å². The standard InChI is InChI=1S/C29H41N3O4/c1-5-6-7-8-9-10-11-17-32-18-16-28(25-19-24(36-4)13-12-21(25)2)20-23(26(33)31-27(30)34)14-15-29(28,35)22(32)3/h5-10,12-13,19,22-23,35H,11,14-18,20H2,1-4H3,(H3,30,31,33,34)/b6-5-,8-7-,10-9+. The molecule has 1 aliphatic heterocycles.